The Hall–Kier alpha value is -1.72. The zero-order valence-electron chi connectivity index (χ0n) is 10.7. The number of thiazole rings is 1. The minimum atomic E-state index is -0.00734. The van der Waals surface area contributed by atoms with Crippen molar-refractivity contribution in [3.8, 4) is 0 Å². The zero-order chi connectivity index (χ0) is 13.4. The molecule has 98 valence electrons. The van der Waals surface area contributed by atoms with Crippen LogP contribution in [0, 0.1) is 6.92 Å². The van der Waals surface area contributed by atoms with E-state index in [1.165, 1.54) is 11.3 Å². The van der Waals surface area contributed by atoms with Crippen LogP contribution in [-0.2, 0) is 6.42 Å². The van der Waals surface area contributed by atoms with Gasteiger partial charge in [0.05, 0.1) is 11.2 Å². The summed E-state index contributed by atoms with van der Waals surface area (Å²) < 4.78 is 0. The van der Waals surface area contributed by atoms with Gasteiger partial charge >= 0.3 is 0 Å². The number of para-hydroxylation sites is 1. The minimum Gasteiger partial charge on any atom is -0.326 e. The molecule has 0 bridgehead atoms. The Morgan fingerprint density at radius 3 is 3.00 bits per heavy atom. The molecule has 2 heterocycles. The normalized spacial score (nSPS) is 18.2. The van der Waals surface area contributed by atoms with Crippen LogP contribution in [0.25, 0.3) is 0 Å². The molecule has 2 aromatic rings. The molecule has 3 rings (SSSR count). The van der Waals surface area contributed by atoms with Gasteiger partial charge < -0.3 is 10.6 Å². The van der Waals surface area contributed by atoms with Crippen LogP contribution in [0.15, 0.2) is 29.8 Å². The predicted molar refractivity (Wildman–Crippen MR) is 76.6 cm³/mol. The first-order valence-electron chi connectivity index (χ1n) is 6.22. The zero-order valence-corrected chi connectivity index (χ0v) is 11.5. The van der Waals surface area contributed by atoms with Crippen molar-refractivity contribution in [1.82, 2.24) is 4.98 Å². The molecule has 1 aliphatic rings. The van der Waals surface area contributed by atoms with E-state index in [2.05, 4.69) is 4.98 Å². The Kier molecular flexibility index (Phi) is 3.08. The molecule has 1 atom stereocenters. The third-order valence-electron chi connectivity index (χ3n) is 3.37. The molecule has 1 amide bonds. The van der Waals surface area contributed by atoms with Crippen molar-refractivity contribution in [3.05, 3.63) is 45.9 Å². The fourth-order valence-electron chi connectivity index (χ4n) is 2.45. The van der Waals surface area contributed by atoms with Crippen LogP contribution in [-0.4, -0.2) is 23.5 Å². The van der Waals surface area contributed by atoms with Crippen molar-refractivity contribution >= 4 is 22.9 Å². The van der Waals surface area contributed by atoms with E-state index in [1.807, 2.05) is 31.2 Å². The highest BCUT2D eigenvalue weighted by molar-refractivity contribution is 7.12. The second-order valence-electron chi connectivity index (χ2n) is 4.78. The first-order chi connectivity index (χ1) is 9.16. The van der Waals surface area contributed by atoms with E-state index in [0.717, 1.165) is 23.4 Å². The third-order valence-corrected chi connectivity index (χ3v) is 4.28. The number of benzene rings is 1. The highest BCUT2D eigenvalue weighted by atomic mass is 32.1. The number of carbonyl (C=O) groups excluding carboxylic acids is 1. The number of amides is 1. The number of fused-ring (bicyclic) bond motifs is 1. The standard InChI is InChI=1S/C14H15N3OS/c1-9-13(19-8-16-9)14(18)17-7-11(15)6-10-4-2-3-5-12(10)17/h2-5,8,11H,6-7,15H2,1H3. The van der Waals surface area contributed by atoms with E-state index in [1.54, 1.807) is 10.4 Å². The van der Waals surface area contributed by atoms with Crippen molar-refractivity contribution in [3.63, 3.8) is 0 Å². The van der Waals surface area contributed by atoms with Gasteiger partial charge in [-0.25, -0.2) is 4.98 Å². The molecule has 1 aromatic carbocycles. The van der Waals surface area contributed by atoms with E-state index in [-0.39, 0.29) is 11.9 Å². The second kappa shape index (κ2) is 4.75. The Morgan fingerprint density at radius 2 is 2.26 bits per heavy atom. The van der Waals surface area contributed by atoms with Crippen molar-refractivity contribution in [2.75, 3.05) is 11.4 Å². The summed E-state index contributed by atoms with van der Waals surface area (Å²) >= 11 is 1.38. The molecule has 1 aromatic heterocycles. The number of hydrogen-bond donors (Lipinski definition) is 1. The molecule has 19 heavy (non-hydrogen) atoms. The summed E-state index contributed by atoms with van der Waals surface area (Å²) in [6.45, 7) is 2.42. The van der Waals surface area contributed by atoms with Gasteiger partial charge in [0.1, 0.15) is 4.88 Å². The van der Waals surface area contributed by atoms with Crippen molar-refractivity contribution in [2.45, 2.75) is 19.4 Å². The maximum Gasteiger partial charge on any atom is 0.270 e. The number of rotatable bonds is 1. The summed E-state index contributed by atoms with van der Waals surface area (Å²) in [5.74, 6) is 0.00241. The predicted octanol–water partition coefficient (Wildman–Crippen LogP) is 1.98. The molecule has 1 unspecified atom stereocenters. The van der Waals surface area contributed by atoms with E-state index < -0.39 is 0 Å². The summed E-state index contributed by atoms with van der Waals surface area (Å²) in [5.41, 5.74) is 10.7. The molecule has 4 nitrogen and oxygen atoms in total. The van der Waals surface area contributed by atoms with E-state index >= 15 is 0 Å². The van der Waals surface area contributed by atoms with Crippen LogP contribution in [0.5, 0.6) is 0 Å². The van der Waals surface area contributed by atoms with Crippen LogP contribution in [0.1, 0.15) is 20.9 Å². The number of nitrogens with two attached hydrogens (primary N) is 1. The van der Waals surface area contributed by atoms with E-state index in [0.29, 0.717) is 11.4 Å². The molecule has 0 aliphatic carbocycles. The summed E-state index contributed by atoms with van der Waals surface area (Å²) in [5, 5.41) is 0. The lowest BCUT2D eigenvalue weighted by Gasteiger charge is -2.32. The monoisotopic (exact) mass is 273 g/mol. The molecular weight excluding hydrogens is 258 g/mol. The molecule has 2 N–H and O–H groups in total. The SMILES string of the molecule is Cc1ncsc1C(=O)N1CC(N)Cc2ccccc21. The quantitative estimate of drug-likeness (QED) is 0.864. The average molecular weight is 273 g/mol. The summed E-state index contributed by atoms with van der Waals surface area (Å²) in [6, 6.07) is 7.95. The first-order valence-corrected chi connectivity index (χ1v) is 7.10. The Bertz CT molecular complexity index is 623. The molecule has 0 radical (unpaired) electrons. The molecule has 0 spiro atoms. The lowest BCUT2D eigenvalue weighted by Crippen LogP contribution is -2.46. The molecule has 5 heteroatoms. The smallest absolute Gasteiger partial charge is 0.270 e. The van der Waals surface area contributed by atoms with Crippen LogP contribution in [0.3, 0.4) is 0 Å². The lowest BCUT2D eigenvalue weighted by molar-refractivity contribution is 0.0986. The van der Waals surface area contributed by atoms with Gasteiger partial charge in [0, 0.05) is 18.3 Å². The van der Waals surface area contributed by atoms with Crippen LogP contribution in [0.2, 0.25) is 0 Å². The van der Waals surface area contributed by atoms with Crippen molar-refractivity contribution < 1.29 is 4.79 Å². The highest BCUT2D eigenvalue weighted by Gasteiger charge is 2.28. The van der Waals surface area contributed by atoms with Gasteiger partial charge in [-0.2, -0.15) is 0 Å². The molecule has 0 saturated heterocycles. The Morgan fingerprint density at radius 1 is 1.47 bits per heavy atom. The third kappa shape index (κ3) is 2.15. The van der Waals surface area contributed by atoms with Crippen molar-refractivity contribution in [1.29, 1.82) is 0 Å². The second-order valence-corrected chi connectivity index (χ2v) is 5.63. The summed E-state index contributed by atoms with van der Waals surface area (Å²) in [4.78, 5) is 19.3. The van der Waals surface area contributed by atoms with Crippen molar-refractivity contribution in [2.24, 2.45) is 5.73 Å². The Balaban J connectivity index is 2.02. The maximum atomic E-state index is 12.6. The van der Waals surface area contributed by atoms with Gasteiger partial charge in [0.25, 0.3) is 5.91 Å². The van der Waals surface area contributed by atoms with Gasteiger partial charge in [-0.05, 0) is 25.0 Å². The van der Waals surface area contributed by atoms with Gasteiger partial charge in [-0.3, -0.25) is 4.79 Å². The van der Waals surface area contributed by atoms with Crippen LogP contribution < -0.4 is 10.6 Å². The maximum absolute atomic E-state index is 12.6. The van der Waals surface area contributed by atoms with Gasteiger partial charge in [-0.15, -0.1) is 11.3 Å². The Labute approximate surface area is 115 Å². The van der Waals surface area contributed by atoms with Gasteiger partial charge in [-0.1, -0.05) is 18.2 Å². The highest BCUT2D eigenvalue weighted by Crippen LogP contribution is 2.29. The van der Waals surface area contributed by atoms with E-state index in [4.69, 9.17) is 5.73 Å². The number of carbonyl (C=O) groups is 1. The van der Waals surface area contributed by atoms with Gasteiger partial charge in [0.15, 0.2) is 0 Å². The number of aromatic nitrogens is 1. The lowest BCUT2D eigenvalue weighted by atomic mass is 9.98. The van der Waals surface area contributed by atoms with Gasteiger partial charge in [0.2, 0.25) is 0 Å². The fourth-order valence-corrected chi connectivity index (χ4v) is 3.20. The number of aryl methyl sites for hydroxylation is 1. The largest absolute Gasteiger partial charge is 0.326 e. The number of nitrogens with zero attached hydrogens (tertiary/aromatic N) is 2. The average Bonchev–Trinajstić information content (AvgIpc) is 2.83. The number of anilines is 1. The molecular formula is C14H15N3OS. The van der Waals surface area contributed by atoms with Crippen LogP contribution >= 0.6 is 11.3 Å². The minimum absolute atomic E-state index is 0.00241. The fraction of sp³-hybridized carbons (Fsp3) is 0.286. The molecule has 0 saturated carbocycles. The number of hydrogen-bond acceptors (Lipinski definition) is 4. The first kappa shape index (κ1) is 12.3. The van der Waals surface area contributed by atoms with E-state index in [9.17, 15) is 4.79 Å². The summed E-state index contributed by atoms with van der Waals surface area (Å²) in [6.07, 6.45) is 0.821. The molecule has 0 fully saturated rings. The van der Waals surface area contributed by atoms with Crippen LogP contribution in [0.4, 0.5) is 5.69 Å². The topological polar surface area (TPSA) is 59.2 Å². The molecule has 1 aliphatic heterocycles. The summed E-state index contributed by atoms with van der Waals surface area (Å²) in [7, 11) is 0.